The van der Waals surface area contributed by atoms with Crippen molar-refractivity contribution in [2.45, 2.75) is 33.1 Å². The quantitative estimate of drug-likeness (QED) is 0.826. The highest BCUT2D eigenvalue weighted by Gasteiger charge is 2.18. The molecule has 2 atom stereocenters. The molecule has 0 radical (unpaired) electrons. The van der Waals surface area contributed by atoms with E-state index in [2.05, 4.69) is 13.8 Å². The smallest absolute Gasteiger partial charge is 0.137 e. The highest BCUT2D eigenvalue weighted by atomic mass is 16.5. The number of benzene rings is 1. The van der Waals surface area contributed by atoms with Crippen LogP contribution in [0.25, 0.3) is 0 Å². The van der Waals surface area contributed by atoms with E-state index < -0.39 is 0 Å². The van der Waals surface area contributed by atoms with Gasteiger partial charge in [0.15, 0.2) is 0 Å². The van der Waals surface area contributed by atoms with Gasteiger partial charge in [-0.05, 0) is 43.5 Å². The van der Waals surface area contributed by atoms with Gasteiger partial charge in [-0.2, -0.15) is 0 Å². The summed E-state index contributed by atoms with van der Waals surface area (Å²) in [5, 5.41) is 0. The predicted octanol–water partition coefficient (Wildman–Crippen LogP) is 2.17. The van der Waals surface area contributed by atoms with Crippen molar-refractivity contribution in [2.75, 3.05) is 32.8 Å². The molecule has 1 aromatic carbocycles. The summed E-state index contributed by atoms with van der Waals surface area (Å²) in [4.78, 5) is 1.69. The van der Waals surface area contributed by atoms with Crippen molar-refractivity contribution < 1.29 is 14.4 Å². The van der Waals surface area contributed by atoms with E-state index in [1.165, 1.54) is 25.9 Å². The third kappa shape index (κ3) is 5.04. The van der Waals surface area contributed by atoms with E-state index in [0.717, 1.165) is 43.6 Å². The molecule has 0 spiro atoms. The van der Waals surface area contributed by atoms with Gasteiger partial charge in [0.1, 0.15) is 24.7 Å². The number of hydrogen-bond donors (Lipinski definition) is 1. The van der Waals surface area contributed by atoms with E-state index in [9.17, 15) is 0 Å². The first-order valence-electron chi connectivity index (χ1n) is 7.97. The fraction of sp³-hybridized carbons (Fsp3) is 0.647. The molecule has 0 bridgehead atoms. The van der Waals surface area contributed by atoms with E-state index >= 15 is 0 Å². The van der Waals surface area contributed by atoms with Crippen LogP contribution in [0.2, 0.25) is 0 Å². The van der Waals surface area contributed by atoms with Gasteiger partial charge in [0.2, 0.25) is 0 Å². The molecular formula is C17H28NO2+. The molecule has 1 heterocycles. The van der Waals surface area contributed by atoms with Crippen LogP contribution in [0.3, 0.4) is 0 Å². The van der Waals surface area contributed by atoms with E-state index in [0.29, 0.717) is 0 Å². The Hall–Kier alpha value is -1.22. The molecule has 1 unspecified atom stereocenters. The second-order valence-electron chi connectivity index (χ2n) is 5.87. The average molecular weight is 278 g/mol. The van der Waals surface area contributed by atoms with Crippen molar-refractivity contribution in [3.63, 3.8) is 0 Å². The van der Waals surface area contributed by atoms with Gasteiger partial charge in [-0.15, -0.1) is 0 Å². The van der Waals surface area contributed by atoms with Gasteiger partial charge in [-0.25, -0.2) is 0 Å². The van der Waals surface area contributed by atoms with Crippen LogP contribution in [0.5, 0.6) is 11.5 Å². The van der Waals surface area contributed by atoms with Crippen LogP contribution in [-0.4, -0.2) is 32.8 Å². The number of hydrogen-bond acceptors (Lipinski definition) is 2. The standard InChI is InChI=1S/C17H27NO2/c1-3-12-19-16-6-8-17(9-7-16)20-13-11-18-10-4-5-15(2)14-18/h6-9,15H,3-5,10-14H2,1-2H3/p+1/t15-/m1/s1. The monoisotopic (exact) mass is 278 g/mol. The maximum absolute atomic E-state index is 5.83. The minimum atomic E-state index is 0.775. The van der Waals surface area contributed by atoms with Gasteiger partial charge < -0.3 is 14.4 Å². The Morgan fingerprint density at radius 2 is 1.75 bits per heavy atom. The van der Waals surface area contributed by atoms with Crippen molar-refractivity contribution in [3.05, 3.63) is 24.3 Å². The number of quaternary nitrogens is 1. The molecule has 1 aliphatic rings. The fourth-order valence-electron chi connectivity index (χ4n) is 2.79. The lowest BCUT2D eigenvalue weighted by atomic mass is 10.0. The summed E-state index contributed by atoms with van der Waals surface area (Å²) < 4.78 is 11.4. The molecule has 0 aliphatic carbocycles. The zero-order valence-corrected chi connectivity index (χ0v) is 12.9. The topological polar surface area (TPSA) is 22.9 Å². The number of nitrogens with one attached hydrogen (secondary N) is 1. The lowest BCUT2D eigenvalue weighted by molar-refractivity contribution is -0.908. The maximum atomic E-state index is 5.83. The summed E-state index contributed by atoms with van der Waals surface area (Å²) in [6, 6.07) is 7.97. The Bertz CT molecular complexity index is 377. The number of rotatable bonds is 7. The van der Waals surface area contributed by atoms with Crippen LogP contribution in [0.15, 0.2) is 24.3 Å². The van der Waals surface area contributed by atoms with Gasteiger partial charge >= 0.3 is 0 Å². The van der Waals surface area contributed by atoms with E-state index in [1.54, 1.807) is 4.90 Å². The second-order valence-corrected chi connectivity index (χ2v) is 5.87. The van der Waals surface area contributed by atoms with Gasteiger partial charge in [-0.1, -0.05) is 13.8 Å². The number of likely N-dealkylation sites (tertiary alicyclic amines) is 1. The van der Waals surface area contributed by atoms with Crippen LogP contribution < -0.4 is 14.4 Å². The second kappa shape index (κ2) is 8.15. The molecule has 2 rings (SSSR count). The van der Waals surface area contributed by atoms with Crippen molar-refractivity contribution in [1.29, 1.82) is 0 Å². The summed E-state index contributed by atoms with van der Waals surface area (Å²) in [5.41, 5.74) is 0. The van der Waals surface area contributed by atoms with E-state index in [1.807, 2.05) is 24.3 Å². The maximum Gasteiger partial charge on any atom is 0.137 e. The fourth-order valence-corrected chi connectivity index (χ4v) is 2.79. The number of piperidine rings is 1. The van der Waals surface area contributed by atoms with Crippen LogP contribution in [0.1, 0.15) is 33.1 Å². The van der Waals surface area contributed by atoms with E-state index in [4.69, 9.17) is 9.47 Å². The Labute approximate surface area is 122 Å². The predicted molar refractivity (Wildman–Crippen MR) is 81.7 cm³/mol. The molecule has 3 heteroatoms. The summed E-state index contributed by atoms with van der Waals surface area (Å²) in [5.74, 6) is 2.74. The molecule has 20 heavy (non-hydrogen) atoms. The Kier molecular flexibility index (Phi) is 6.19. The molecule has 1 aliphatic heterocycles. The molecule has 0 saturated carbocycles. The van der Waals surface area contributed by atoms with Crippen LogP contribution in [0.4, 0.5) is 0 Å². The molecule has 1 N–H and O–H groups in total. The molecule has 3 nitrogen and oxygen atoms in total. The molecule has 1 saturated heterocycles. The Balaban J connectivity index is 1.68. The van der Waals surface area contributed by atoms with Crippen LogP contribution >= 0.6 is 0 Å². The molecule has 112 valence electrons. The zero-order chi connectivity index (χ0) is 14.2. The lowest BCUT2D eigenvalue weighted by Crippen LogP contribution is -3.14. The number of ether oxygens (including phenoxy) is 2. The van der Waals surface area contributed by atoms with Crippen molar-refractivity contribution >= 4 is 0 Å². The first-order valence-corrected chi connectivity index (χ1v) is 7.97. The minimum absolute atomic E-state index is 0.775. The highest BCUT2D eigenvalue weighted by molar-refractivity contribution is 5.31. The van der Waals surface area contributed by atoms with Gasteiger partial charge in [-0.3, -0.25) is 0 Å². The summed E-state index contributed by atoms with van der Waals surface area (Å²) in [6.07, 6.45) is 3.79. The SMILES string of the molecule is CCCOc1ccc(OCC[NH+]2CCC[C@@H](C)C2)cc1. The van der Waals surface area contributed by atoms with Crippen molar-refractivity contribution in [3.8, 4) is 11.5 Å². The largest absolute Gasteiger partial charge is 0.494 e. The minimum Gasteiger partial charge on any atom is -0.494 e. The molecule has 1 fully saturated rings. The van der Waals surface area contributed by atoms with Crippen LogP contribution in [0, 0.1) is 5.92 Å². The van der Waals surface area contributed by atoms with Gasteiger partial charge in [0, 0.05) is 5.92 Å². The zero-order valence-electron chi connectivity index (χ0n) is 12.9. The Morgan fingerprint density at radius 1 is 1.10 bits per heavy atom. The lowest BCUT2D eigenvalue weighted by Gasteiger charge is -2.27. The summed E-state index contributed by atoms with van der Waals surface area (Å²) in [7, 11) is 0. The molecule has 1 aromatic rings. The first-order chi connectivity index (χ1) is 9.78. The molecule has 0 aromatic heterocycles. The summed E-state index contributed by atoms with van der Waals surface area (Å²) in [6.45, 7) is 9.76. The Morgan fingerprint density at radius 3 is 2.35 bits per heavy atom. The van der Waals surface area contributed by atoms with Gasteiger partial charge in [0.05, 0.1) is 19.7 Å². The molecular weight excluding hydrogens is 250 g/mol. The van der Waals surface area contributed by atoms with E-state index in [-0.39, 0.29) is 0 Å². The van der Waals surface area contributed by atoms with Gasteiger partial charge in [0.25, 0.3) is 0 Å². The highest BCUT2D eigenvalue weighted by Crippen LogP contribution is 2.17. The van der Waals surface area contributed by atoms with Crippen molar-refractivity contribution in [2.24, 2.45) is 5.92 Å². The van der Waals surface area contributed by atoms with Crippen LogP contribution in [-0.2, 0) is 0 Å². The molecule has 0 amide bonds. The van der Waals surface area contributed by atoms with Crippen molar-refractivity contribution in [1.82, 2.24) is 0 Å². The first kappa shape index (κ1) is 15.2. The third-order valence-corrected chi connectivity index (χ3v) is 3.89. The normalized spacial score (nSPS) is 22.5. The summed E-state index contributed by atoms with van der Waals surface area (Å²) >= 11 is 0. The average Bonchev–Trinajstić information content (AvgIpc) is 2.46. The third-order valence-electron chi connectivity index (χ3n) is 3.89.